The monoisotopic (exact) mass is 350 g/mol. The van der Waals surface area contributed by atoms with E-state index in [9.17, 15) is 20.1 Å². The molecule has 0 aromatic rings. The van der Waals surface area contributed by atoms with Gasteiger partial charge < -0.3 is 15.3 Å². The molecule has 4 saturated carbocycles. The number of rotatable bonds is 1. The van der Waals surface area contributed by atoms with Gasteiger partial charge in [-0.15, -0.1) is 0 Å². The minimum Gasteiger partial charge on any atom is -0.393 e. The zero-order chi connectivity index (χ0) is 18.1. The predicted molar refractivity (Wildman–Crippen MR) is 94.7 cm³/mol. The first kappa shape index (κ1) is 17.9. The molecule has 4 rings (SSSR count). The van der Waals surface area contributed by atoms with Crippen molar-refractivity contribution in [3.8, 4) is 0 Å². The van der Waals surface area contributed by atoms with Crippen LogP contribution in [0, 0.1) is 40.4 Å². The highest BCUT2D eigenvalue weighted by Crippen LogP contribution is 2.67. The first-order valence-corrected chi connectivity index (χ1v) is 10.2. The van der Waals surface area contributed by atoms with Gasteiger partial charge in [0.2, 0.25) is 0 Å². The third-order valence-corrected chi connectivity index (χ3v) is 9.14. The van der Waals surface area contributed by atoms with Gasteiger partial charge in [-0.25, -0.2) is 0 Å². The van der Waals surface area contributed by atoms with Gasteiger partial charge in [0.1, 0.15) is 5.78 Å². The Morgan fingerprint density at radius 3 is 2.28 bits per heavy atom. The van der Waals surface area contributed by atoms with Gasteiger partial charge >= 0.3 is 0 Å². The summed E-state index contributed by atoms with van der Waals surface area (Å²) in [6, 6.07) is 0. The zero-order valence-corrected chi connectivity index (χ0v) is 15.8. The first-order valence-electron chi connectivity index (χ1n) is 10.2. The van der Waals surface area contributed by atoms with E-state index < -0.39 is 12.2 Å². The Morgan fingerprint density at radius 2 is 1.60 bits per heavy atom. The third kappa shape index (κ3) is 2.40. The molecule has 0 bridgehead atoms. The molecular weight excluding hydrogens is 316 g/mol. The molecule has 142 valence electrons. The van der Waals surface area contributed by atoms with Gasteiger partial charge in [-0.1, -0.05) is 13.8 Å². The highest BCUT2D eigenvalue weighted by Gasteiger charge is 2.65. The molecule has 0 aromatic heterocycles. The fraction of sp³-hybridized carbons (Fsp3) is 0.952. The third-order valence-electron chi connectivity index (χ3n) is 9.14. The number of fused-ring (bicyclic) bond motifs is 5. The second-order valence-corrected chi connectivity index (χ2v) is 10.2. The van der Waals surface area contributed by atoms with E-state index in [0.717, 1.165) is 38.5 Å². The average Bonchev–Trinajstić information content (AvgIpc) is 2.81. The molecule has 4 aliphatic carbocycles. The maximum absolute atomic E-state index is 12.2. The maximum Gasteiger partial charge on any atom is 0.133 e. The van der Waals surface area contributed by atoms with Gasteiger partial charge in [-0.3, -0.25) is 4.79 Å². The lowest BCUT2D eigenvalue weighted by atomic mass is 9.43. The quantitative estimate of drug-likeness (QED) is 0.679. The van der Waals surface area contributed by atoms with Gasteiger partial charge in [0, 0.05) is 5.92 Å². The summed E-state index contributed by atoms with van der Waals surface area (Å²) in [6.45, 7) is 6.20. The van der Waals surface area contributed by atoms with E-state index in [1.54, 1.807) is 6.92 Å². The summed E-state index contributed by atoms with van der Waals surface area (Å²) in [7, 11) is 0. The first-order chi connectivity index (χ1) is 11.7. The normalized spacial score (nSPS) is 58.2. The van der Waals surface area contributed by atoms with Crippen molar-refractivity contribution in [2.24, 2.45) is 40.4 Å². The number of hydrogen-bond acceptors (Lipinski definition) is 4. The van der Waals surface area contributed by atoms with Crippen LogP contribution in [0.1, 0.15) is 65.7 Å². The fourth-order valence-electron chi connectivity index (χ4n) is 7.88. The van der Waals surface area contributed by atoms with Crippen molar-refractivity contribution < 1.29 is 20.1 Å². The van der Waals surface area contributed by atoms with E-state index in [-0.39, 0.29) is 40.5 Å². The number of carbonyl (C=O) groups excluding carboxylic acids is 1. The molecule has 4 heteroatoms. The molecule has 4 nitrogen and oxygen atoms in total. The zero-order valence-electron chi connectivity index (χ0n) is 15.8. The van der Waals surface area contributed by atoms with Gasteiger partial charge in [0.25, 0.3) is 0 Å². The predicted octanol–water partition coefficient (Wildman–Crippen LogP) is 2.54. The lowest BCUT2D eigenvalue weighted by Gasteiger charge is -2.62. The van der Waals surface area contributed by atoms with E-state index in [2.05, 4.69) is 13.8 Å². The molecule has 0 aliphatic heterocycles. The van der Waals surface area contributed by atoms with E-state index in [1.165, 1.54) is 0 Å². The van der Waals surface area contributed by atoms with Gasteiger partial charge in [-0.05, 0) is 86.4 Å². The topological polar surface area (TPSA) is 77.8 Å². The molecule has 0 saturated heterocycles. The van der Waals surface area contributed by atoms with Crippen molar-refractivity contribution in [2.45, 2.75) is 84.0 Å². The van der Waals surface area contributed by atoms with Crippen LogP contribution in [0.15, 0.2) is 0 Å². The number of hydrogen-bond donors (Lipinski definition) is 3. The number of ketones is 1. The minimum absolute atomic E-state index is 0.0276. The Hall–Kier alpha value is -0.450. The van der Waals surface area contributed by atoms with E-state index in [1.807, 2.05) is 0 Å². The summed E-state index contributed by atoms with van der Waals surface area (Å²) < 4.78 is 0. The van der Waals surface area contributed by atoms with Crippen molar-refractivity contribution in [3.05, 3.63) is 0 Å². The average molecular weight is 350 g/mol. The van der Waals surface area contributed by atoms with Crippen molar-refractivity contribution in [2.75, 3.05) is 0 Å². The summed E-state index contributed by atoms with van der Waals surface area (Å²) in [5, 5.41) is 32.1. The Morgan fingerprint density at radius 1 is 0.920 bits per heavy atom. The molecule has 25 heavy (non-hydrogen) atoms. The molecule has 10 atom stereocenters. The summed E-state index contributed by atoms with van der Waals surface area (Å²) in [6.07, 6.45) is 4.85. The minimum atomic E-state index is -0.476. The van der Waals surface area contributed by atoms with Crippen molar-refractivity contribution >= 4 is 5.78 Å². The van der Waals surface area contributed by atoms with Crippen molar-refractivity contribution in [1.82, 2.24) is 0 Å². The van der Waals surface area contributed by atoms with Crippen LogP contribution in [-0.2, 0) is 4.79 Å². The Kier molecular flexibility index (Phi) is 4.14. The van der Waals surface area contributed by atoms with E-state index >= 15 is 0 Å². The van der Waals surface area contributed by atoms with Crippen LogP contribution in [0.3, 0.4) is 0 Å². The molecule has 0 radical (unpaired) electrons. The largest absolute Gasteiger partial charge is 0.393 e. The summed E-state index contributed by atoms with van der Waals surface area (Å²) in [4.78, 5) is 12.2. The van der Waals surface area contributed by atoms with E-state index in [4.69, 9.17) is 0 Å². The summed E-state index contributed by atoms with van der Waals surface area (Å²) in [5.41, 5.74) is -0.0245. The smallest absolute Gasteiger partial charge is 0.133 e. The Balaban J connectivity index is 1.70. The Labute approximate surface area is 151 Å². The Bertz CT molecular complexity index is 562. The van der Waals surface area contributed by atoms with Gasteiger partial charge in [0.15, 0.2) is 0 Å². The van der Waals surface area contributed by atoms with Crippen LogP contribution in [0.5, 0.6) is 0 Å². The van der Waals surface area contributed by atoms with Crippen LogP contribution in [0.2, 0.25) is 0 Å². The van der Waals surface area contributed by atoms with E-state index in [0.29, 0.717) is 18.3 Å². The molecule has 0 aromatic carbocycles. The van der Waals surface area contributed by atoms with Crippen molar-refractivity contribution in [1.29, 1.82) is 0 Å². The SMILES string of the molecule is CC(=O)[C@H]1C[C@@H](O)[C@H]2[C@@H]3[C@@H](O)C[C@@H]4C[C@H](O)CC[C@]4(C)[C@H]3CC[C@@]21C. The molecule has 0 heterocycles. The second-order valence-electron chi connectivity index (χ2n) is 10.2. The highest BCUT2D eigenvalue weighted by molar-refractivity contribution is 5.79. The lowest BCUT2D eigenvalue weighted by molar-refractivity contribution is -0.184. The standard InChI is InChI=1S/C21H34O4/c1-11(22)15-10-17(25)19-18-14(5-7-21(15,19)3)20(2)6-4-13(23)8-12(20)9-16(18)24/h12-19,23-25H,4-10H2,1-3H3/t12-,13+,14-,15+,16-,17+,18-,19-,20-,21+/m0/s1. The van der Waals surface area contributed by atoms with Gasteiger partial charge in [0.05, 0.1) is 18.3 Å². The second kappa shape index (κ2) is 5.77. The lowest BCUT2D eigenvalue weighted by Crippen LogP contribution is -2.60. The molecular formula is C21H34O4. The van der Waals surface area contributed by atoms with Crippen LogP contribution in [0.25, 0.3) is 0 Å². The maximum atomic E-state index is 12.2. The highest BCUT2D eigenvalue weighted by atomic mass is 16.3. The van der Waals surface area contributed by atoms with Gasteiger partial charge in [-0.2, -0.15) is 0 Å². The number of aliphatic hydroxyl groups is 3. The van der Waals surface area contributed by atoms with Crippen LogP contribution < -0.4 is 0 Å². The molecule has 0 unspecified atom stereocenters. The number of carbonyl (C=O) groups is 1. The van der Waals surface area contributed by atoms with Crippen LogP contribution in [-0.4, -0.2) is 39.4 Å². The fourth-order valence-corrected chi connectivity index (χ4v) is 7.88. The molecule has 3 N–H and O–H groups in total. The summed E-state index contributed by atoms with van der Waals surface area (Å²) in [5.74, 6) is 1.01. The number of aliphatic hydroxyl groups excluding tert-OH is 3. The van der Waals surface area contributed by atoms with Crippen LogP contribution >= 0.6 is 0 Å². The molecule has 4 aliphatic rings. The van der Waals surface area contributed by atoms with Crippen molar-refractivity contribution in [3.63, 3.8) is 0 Å². The van der Waals surface area contributed by atoms with Crippen LogP contribution in [0.4, 0.5) is 0 Å². The summed E-state index contributed by atoms with van der Waals surface area (Å²) >= 11 is 0. The molecule has 0 spiro atoms. The molecule has 0 amide bonds. The number of Topliss-reactive ketones (excluding diaryl/α,β-unsaturated/α-hetero) is 1. The molecule has 4 fully saturated rings.